The Labute approximate surface area is 118 Å². The molecule has 1 unspecified atom stereocenters. The van der Waals surface area contributed by atoms with E-state index in [1.165, 1.54) is 5.56 Å². The lowest BCUT2D eigenvalue weighted by Crippen LogP contribution is -2.35. The predicted octanol–water partition coefficient (Wildman–Crippen LogP) is 3.62. The second-order valence-corrected chi connectivity index (χ2v) is 5.87. The van der Waals surface area contributed by atoms with Crippen LogP contribution in [0, 0.1) is 5.92 Å². The number of hydrogen-bond donors (Lipinski definition) is 1. The summed E-state index contributed by atoms with van der Waals surface area (Å²) in [6.07, 6.45) is 1.92. The average Bonchev–Trinajstić information content (AvgIpc) is 2.36. The fourth-order valence-electron chi connectivity index (χ4n) is 2.25. The molecular formula is C16H29N3. The number of nitrogens with one attached hydrogen (secondary N) is 1. The molecule has 0 saturated heterocycles. The Kier molecular flexibility index (Phi) is 6.29. The molecule has 0 spiro atoms. The third-order valence-corrected chi connectivity index (χ3v) is 3.26. The zero-order chi connectivity index (χ0) is 14.4. The Balaban J connectivity index is 2.94. The summed E-state index contributed by atoms with van der Waals surface area (Å²) < 4.78 is 0. The maximum atomic E-state index is 4.55. The van der Waals surface area contributed by atoms with Crippen LogP contribution in [0.25, 0.3) is 0 Å². The zero-order valence-corrected chi connectivity index (χ0v) is 13.3. The van der Waals surface area contributed by atoms with Crippen molar-refractivity contribution < 1.29 is 0 Å². The molecule has 0 saturated carbocycles. The van der Waals surface area contributed by atoms with Gasteiger partial charge in [0, 0.05) is 24.8 Å². The highest BCUT2D eigenvalue weighted by atomic mass is 15.2. The van der Waals surface area contributed by atoms with Gasteiger partial charge in [0.15, 0.2) is 0 Å². The molecule has 3 heteroatoms. The van der Waals surface area contributed by atoms with Gasteiger partial charge in [-0.15, -0.1) is 0 Å². The quantitative estimate of drug-likeness (QED) is 0.814. The van der Waals surface area contributed by atoms with Gasteiger partial charge in [-0.1, -0.05) is 20.8 Å². The molecule has 1 aromatic rings. The van der Waals surface area contributed by atoms with Crippen LogP contribution < -0.4 is 10.2 Å². The van der Waals surface area contributed by atoms with Crippen LogP contribution in [0.15, 0.2) is 18.3 Å². The average molecular weight is 263 g/mol. The normalized spacial score (nSPS) is 13.1. The molecule has 1 aromatic heterocycles. The number of hydrogen-bond acceptors (Lipinski definition) is 3. The highest BCUT2D eigenvalue weighted by molar-refractivity contribution is 5.42. The van der Waals surface area contributed by atoms with Gasteiger partial charge in [-0.05, 0) is 50.9 Å². The summed E-state index contributed by atoms with van der Waals surface area (Å²) in [5.41, 5.74) is 1.31. The van der Waals surface area contributed by atoms with Crippen LogP contribution in [-0.4, -0.2) is 24.1 Å². The van der Waals surface area contributed by atoms with E-state index in [-0.39, 0.29) is 0 Å². The van der Waals surface area contributed by atoms with E-state index in [0.717, 1.165) is 18.9 Å². The Hall–Kier alpha value is -1.09. The van der Waals surface area contributed by atoms with Gasteiger partial charge in [0.05, 0.1) is 0 Å². The van der Waals surface area contributed by atoms with Crippen molar-refractivity contribution in [3.63, 3.8) is 0 Å². The summed E-state index contributed by atoms with van der Waals surface area (Å²) in [4.78, 5) is 6.94. The number of aromatic nitrogens is 1. The summed E-state index contributed by atoms with van der Waals surface area (Å²) >= 11 is 0. The summed E-state index contributed by atoms with van der Waals surface area (Å²) in [7, 11) is 0. The third-order valence-electron chi connectivity index (χ3n) is 3.26. The summed E-state index contributed by atoms with van der Waals surface area (Å²) in [5, 5.41) is 3.45. The summed E-state index contributed by atoms with van der Waals surface area (Å²) in [5.74, 6) is 1.73. The fourth-order valence-corrected chi connectivity index (χ4v) is 2.25. The van der Waals surface area contributed by atoms with Crippen LogP contribution in [0.5, 0.6) is 0 Å². The van der Waals surface area contributed by atoms with Crippen molar-refractivity contribution in [3.05, 3.63) is 23.9 Å². The number of anilines is 1. The molecule has 0 aliphatic carbocycles. The van der Waals surface area contributed by atoms with Gasteiger partial charge < -0.3 is 10.2 Å². The second-order valence-electron chi connectivity index (χ2n) is 5.87. The molecule has 1 N–H and O–H groups in total. The largest absolute Gasteiger partial charge is 0.354 e. The van der Waals surface area contributed by atoms with Crippen molar-refractivity contribution in [2.45, 2.75) is 53.6 Å². The van der Waals surface area contributed by atoms with Crippen LogP contribution in [0.3, 0.4) is 0 Å². The summed E-state index contributed by atoms with van der Waals surface area (Å²) in [6.45, 7) is 15.3. The van der Waals surface area contributed by atoms with Crippen LogP contribution in [0.2, 0.25) is 0 Å². The lowest BCUT2D eigenvalue weighted by atomic mass is 10.1. The van der Waals surface area contributed by atoms with E-state index in [4.69, 9.17) is 0 Å². The van der Waals surface area contributed by atoms with E-state index in [1.807, 2.05) is 6.20 Å². The van der Waals surface area contributed by atoms with E-state index >= 15 is 0 Å². The first-order chi connectivity index (χ1) is 8.95. The Morgan fingerprint density at radius 3 is 2.42 bits per heavy atom. The number of nitrogens with zero attached hydrogens (tertiary/aromatic N) is 2. The van der Waals surface area contributed by atoms with Crippen molar-refractivity contribution in [2.75, 3.05) is 18.0 Å². The van der Waals surface area contributed by atoms with E-state index < -0.39 is 0 Å². The number of rotatable bonds is 7. The second kappa shape index (κ2) is 7.49. The molecule has 0 radical (unpaired) electrons. The van der Waals surface area contributed by atoms with E-state index in [0.29, 0.717) is 18.0 Å². The lowest BCUT2D eigenvalue weighted by Gasteiger charge is -2.30. The summed E-state index contributed by atoms with van der Waals surface area (Å²) in [6, 6.07) is 5.17. The van der Waals surface area contributed by atoms with E-state index in [1.54, 1.807) is 0 Å². The van der Waals surface area contributed by atoms with Gasteiger partial charge in [0.2, 0.25) is 0 Å². The molecule has 0 aliphatic heterocycles. The first kappa shape index (κ1) is 16.0. The smallest absolute Gasteiger partial charge is 0.129 e. The minimum atomic E-state index is 0.375. The van der Waals surface area contributed by atoms with Crippen LogP contribution in [-0.2, 0) is 0 Å². The third kappa shape index (κ3) is 4.83. The van der Waals surface area contributed by atoms with Crippen LogP contribution >= 0.6 is 0 Å². The first-order valence-corrected chi connectivity index (χ1v) is 7.41. The molecular weight excluding hydrogens is 234 g/mol. The minimum Gasteiger partial charge on any atom is -0.354 e. The zero-order valence-electron chi connectivity index (χ0n) is 13.3. The maximum Gasteiger partial charge on any atom is 0.129 e. The van der Waals surface area contributed by atoms with Gasteiger partial charge in [0.1, 0.15) is 5.82 Å². The Morgan fingerprint density at radius 2 is 1.89 bits per heavy atom. The topological polar surface area (TPSA) is 28.2 Å². The molecule has 1 atom stereocenters. The van der Waals surface area contributed by atoms with Crippen molar-refractivity contribution in [1.29, 1.82) is 0 Å². The highest BCUT2D eigenvalue weighted by Gasteiger charge is 2.15. The van der Waals surface area contributed by atoms with Crippen molar-refractivity contribution in [1.82, 2.24) is 10.3 Å². The highest BCUT2D eigenvalue weighted by Crippen LogP contribution is 2.20. The molecule has 0 aromatic carbocycles. The van der Waals surface area contributed by atoms with E-state index in [2.05, 4.69) is 68.9 Å². The van der Waals surface area contributed by atoms with Crippen molar-refractivity contribution >= 4 is 5.82 Å². The standard InChI is InChI=1S/C16H29N3/c1-7-17-14(6)15-8-9-18-16(10-15)19(13(4)5)11-12(2)3/h8-10,12-14,17H,7,11H2,1-6H3. The molecule has 3 nitrogen and oxygen atoms in total. The molecule has 0 aliphatic rings. The Bertz CT molecular complexity index is 374. The SMILES string of the molecule is CCNC(C)c1ccnc(N(CC(C)C)C(C)C)c1. The monoisotopic (exact) mass is 263 g/mol. The molecule has 0 fully saturated rings. The molecule has 0 bridgehead atoms. The van der Waals surface area contributed by atoms with Gasteiger partial charge >= 0.3 is 0 Å². The molecule has 19 heavy (non-hydrogen) atoms. The predicted molar refractivity (Wildman–Crippen MR) is 83.6 cm³/mol. The molecule has 108 valence electrons. The van der Waals surface area contributed by atoms with Crippen molar-refractivity contribution in [3.8, 4) is 0 Å². The van der Waals surface area contributed by atoms with Gasteiger partial charge in [-0.3, -0.25) is 0 Å². The molecule has 1 heterocycles. The van der Waals surface area contributed by atoms with Gasteiger partial charge in [0.25, 0.3) is 0 Å². The minimum absolute atomic E-state index is 0.375. The number of pyridine rings is 1. The first-order valence-electron chi connectivity index (χ1n) is 7.41. The fraction of sp³-hybridized carbons (Fsp3) is 0.688. The van der Waals surface area contributed by atoms with Crippen LogP contribution in [0.1, 0.15) is 53.1 Å². The van der Waals surface area contributed by atoms with E-state index in [9.17, 15) is 0 Å². The Morgan fingerprint density at radius 1 is 1.21 bits per heavy atom. The van der Waals surface area contributed by atoms with Crippen molar-refractivity contribution in [2.24, 2.45) is 5.92 Å². The van der Waals surface area contributed by atoms with Gasteiger partial charge in [-0.25, -0.2) is 4.98 Å². The maximum absolute atomic E-state index is 4.55. The van der Waals surface area contributed by atoms with Crippen LogP contribution in [0.4, 0.5) is 5.82 Å². The molecule has 0 amide bonds. The lowest BCUT2D eigenvalue weighted by molar-refractivity contribution is 0.563. The molecule has 1 rings (SSSR count). The van der Waals surface area contributed by atoms with Gasteiger partial charge in [-0.2, -0.15) is 0 Å².